The summed E-state index contributed by atoms with van der Waals surface area (Å²) in [5.74, 6) is 0.429. The summed E-state index contributed by atoms with van der Waals surface area (Å²) in [6.07, 6.45) is 1.56. The van der Waals surface area contributed by atoms with E-state index in [9.17, 15) is 9.59 Å². The van der Waals surface area contributed by atoms with Gasteiger partial charge in [0.1, 0.15) is 11.5 Å². The van der Waals surface area contributed by atoms with Gasteiger partial charge in [0.2, 0.25) is 0 Å². The maximum atomic E-state index is 12.5. The first kappa shape index (κ1) is 26.1. The Morgan fingerprint density at radius 1 is 1.19 bits per heavy atom. The Morgan fingerprint density at radius 3 is 2.26 bits per heavy atom. The van der Waals surface area contributed by atoms with Gasteiger partial charge in [0, 0.05) is 57.6 Å². The predicted octanol–water partition coefficient (Wildman–Crippen LogP) is 2.75. The lowest BCUT2D eigenvalue weighted by Gasteiger charge is -2.28. The number of carbonyl (C=O) groups is 2. The van der Waals surface area contributed by atoms with E-state index in [1.54, 1.807) is 46.4 Å². The Hall–Kier alpha value is -2.90. The van der Waals surface area contributed by atoms with Crippen LogP contribution in [0.25, 0.3) is 0 Å². The van der Waals surface area contributed by atoms with Crippen molar-refractivity contribution in [3.8, 4) is 0 Å². The number of likely N-dealkylation sites (N-methyl/N-ethyl adjacent to an activating group) is 1. The van der Waals surface area contributed by atoms with Gasteiger partial charge in [-0.2, -0.15) is 0 Å². The Morgan fingerprint density at radius 2 is 1.84 bits per heavy atom. The first-order chi connectivity index (χ1) is 14.6. The molecule has 2 N–H and O–H groups in total. The van der Waals surface area contributed by atoms with Crippen LogP contribution in [0.15, 0.2) is 34.6 Å². The zero-order valence-electron chi connectivity index (χ0n) is 20.1. The van der Waals surface area contributed by atoms with E-state index in [0.29, 0.717) is 36.0 Å². The first-order valence-corrected chi connectivity index (χ1v) is 10.6. The minimum atomic E-state index is -0.550. The van der Waals surface area contributed by atoms with Crippen molar-refractivity contribution in [1.29, 1.82) is 0 Å². The molecule has 0 saturated heterocycles. The second-order valence-corrected chi connectivity index (χ2v) is 7.87. The fraction of sp³-hybridized carbons (Fsp3) is 0.565. The van der Waals surface area contributed by atoms with E-state index in [0.717, 1.165) is 5.71 Å². The van der Waals surface area contributed by atoms with Crippen molar-refractivity contribution in [1.82, 2.24) is 9.88 Å². The van der Waals surface area contributed by atoms with Gasteiger partial charge in [-0.3, -0.25) is 9.79 Å². The lowest BCUT2D eigenvalue weighted by atomic mass is 9.87. The number of rotatable bonds is 10. The first-order valence-electron chi connectivity index (χ1n) is 10.6. The highest BCUT2D eigenvalue weighted by molar-refractivity contribution is 6.08. The van der Waals surface area contributed by atoms with E-state index in [1.165, 1.54) is 4.90 Å². The molecule has 0 spiro atoms. The Bertz CT molecular complexity index is 813. The molecule has 0 aliphatic carbocycles. The molecule has 1 aromatic rings. The normalized spacial score (nSPS) is 13.5. The van der Waals surface area contributed by atoms with Gasteiger partial charge in [0.15, 0.2) is 0 Å². The summed E-state index contributed by atoms with van der Waals surface area (Å²) in [5, 5.41) is 0. The third-order valence-corrected chi connectivity index (χ3v) is 5.26. The molecule has 1 unspecified atom stereocenters. The quantitative estimate of drug-likeness (QED) is 0.347. The highest BCUT2D eigenvalue weighted by atomic mass is 16.5. The van der Waals surface area contributed by atoms with Crippen molar-refractivity contribution in [3.63, 3.8) is 0 Å². The molecule has 1 amide bonds. The second-order valence-electron chi connectivity index (χ2n) is 7.87. The zero-order chi connectivity index (χ0) is 23.7. The largest absolute Gasteiger partial charge is 0.461 e. The molecule has 0 fully saturated rings. The third kappa shape index (κ3) is 6.80. The fourth-order valence-corrected chi connectivity index (χ4v) is 3.07. The number of carbonyl (C=O) groups excluding carboxylic acids is 2. The highest BCUT2D eigenvalue weighted by Crippen LogP contribution is 2.22. The molecule has 0 saturated carbocycles. The number of hydrogen-bond acceptors (Lipinski definition) is 7. The number of hydrogen-bond donors (Lipinski definition) is 1. The molecule has 0 aromatic carbocycles. The number of aliphatic imine (C=N–C) groups is 1. The molecule has 1 heterocycles. The number of aromatic nitrogens is 1. The Kier molecular flexibility index (Phi) is 10.2. The van der Waals surface area contributed by atoms with Crippen molar-refractivity contribution >= 4 is 23.4 Å². The molecular formula is C23H37N5O3. The van der Waals surface area contributed by atoms with Crippen LogP contribution in [-0.4, -0.2) is 68.3 Å². The summed E-state index contributed by atoms with van der Waals surface area (Å²) in [7, 11) is 5.11. The maximum Gasteiger partial charge on any atom is 0.354 e. The molecule has 1 aromatic heterocycles. The Labute approximate surface area is 186 Å². The van der Waals surface area contributed by atoms with Gasteiger partial charge in [-0.15, -0.1) is 0 Å². The van der Waals surface area contributed by atoms with Gasteiger partial charge >= 0.3 is 5.97 Å². The zero-order valence-corrected chi connectivity index (χ0v) is 20.1. The lowest BCUT2D eigenvalue weighted by molar-refractivity contribution is -0.138. The van der Waals surface area contributed by atoms with Gasteiger partial charge in [-0.25, -0.2) is 9.78 Å². The molecule has 0 aliphatic rings. The van der Waals surface area contributed by atoms with E-state index in [4.69, 9.17) is 10.5 Å². The molecule has 8 nitrogen and oxygen atoms in total. The predicted molar refractivity (Wildman–Crippen MR) is 125 cm³/mol. The van der Waals surface area contributed by atoms with E-state index >= 15 is 0 Å². The minimum Gasteiger partial charge on any atom is -0.461 e. The molecular weight excluding hydrogens is 394 g/mol. The number of esters is 1. The number of nitrogens with zero attached hydrogens (tertiary/aromatic N) is 4. The lowest BCUT2D eigenvalue weighted by Crippen LogP contribution is -2.35. The summed E-state index contributed by atoms with van der Waals surface area (Å²) in [6.45, 7) is 11.2. The number of ether oxygens (including phenoxy) is 1. The molecule has 1 atom stereocenters. The van der Waals surface area contributed by atoms with Crippen molar-refractivity contribution in [2.24, 2.45) is 22.6 Å². The monoisotopic (exact) mass is 431 g/mol. The standard InChI is InChI=1S/C23H37N5O3/c1-9-28(19-12-11-17(13-26-19)22(29)27(7)8)14-18(20(24)23(30)31-10-2)21(25-6)16(5)15(3)4/h11-13,15-16H,9-10,14,24H2,1-8H3/b20-18-,25-21?. The summed E-state index contributed by atoms with van der Waals surface area (Å²) < 4.78 is 5.15. The molecule has 31 heavy (non-hydrogen) atoms. The van der Waals surface area contributed by atoms with Gasteiger partial charge in [0.25, 0.3) is 5.91 Å². The van der Waals surface area contributed by atoms with Crippen LogP contribution in [0.5, 0.6) is 0 Å². The van der Waals surface area contributed by atoms with Crippen molar-refractivity contribution in [2.75, 3.05) is 45.7 Å². The summed E-state index contributed by atoms with van der Waals surface area (Å²) in [4.78, 5) is 37.0. The van der Waals surface area contributed by atoms with Crippen molar-refractivity contribution < 1.29 is 14.3 Å². The summed E-state index contributed by atoms with van der Waals surface area (Å²) >= 11 is 0. The number of amides is 1. The number of anilines is 1. The van der Waals surface area contributed by atoms with Crippen LogP contribution in [0.1, 0.15) is 45.0 Å². The van der Waals surface area contributed by atoms with E-state index in [1.807, 2.05) is 11.8 Å². The topological polar surface area (TPSA) is 101 Å². The minimum absolute atomic E-state index is 0.0628. The number of nitrogens with two attached hydrogens (primary N) is 1. The molecule has 1 rings (SSSR count). The van der Waals surface area contributed by atoms with Gasteiger partial charge in [-0.05, 0) is 31.9 Å². The highest BCUT2D eigenvalue weighted by Gasteiger charge is 2.25. The van der Waals surface area contributed by atoms with Crippen molar-refractivity contribution in [2.45, 2.75) is 34.6 Å². The van der Waals surface area contributed by atoms with E-state index < -0.39 is 5.97 Å². The van der Waals surface area contributed by atoms with Gasteiger partial charge in [0.05, 0.1) is 12.2 Å². The van der Waals surface area contributed by atoms with Crippen LogP contribution in [0.4, 0.5) is 5.82 Å². The Balaban J connectivity index is 3.37. The molecule has 172 valence electrons. The van der Waals surface area contributed by atoms with Crippen LogP contribution in [0.2, 0.25) is 0 Å². The average molecular weight is 432 g/mol. The maximum absolute atomic E-state index is 12.5. The fourth-order valence-electron chi connectivity index (χ4n) is 3.07. The van der Waals surface area contributed by atoms with Crippen molar-refractivity contribution in [3.05, 3.63) is 35.2 Å². The SMILES string of the molecule is CCOC(=O)/C(N)=C(\CN(CC)c1ccc(C(=O)N(C)C)cn1)C(=NC)C(C)C(C)C. The molecule has 0 radical (unpaired) electrons. The second kappa shape index (κ2) is 12.1. The summed E-state index contributed by atoms with van der Waals surface area (Å²) in [5.41, 5.74) is 8.25. The van der Waals surface area contributed by atoms with Crippen LogP contribution >= 0.6 is 0 Å². The average Bonchev–Trinajstić information content (AvgIpc) is 2.75. The smallest absolute Gasteiger partial charge is 0.354 e. The number of pyridine rings is 1. The van der Waals surface area contributed by atoms with E-state index in [-0.39, 0.29) is 24.1 Å². The molecule has 0 bridgehead atoms. The van der Waals surface area contributed by atoms with Crippen LogP contribution in [0, 0.1) is 11.8 Å². The van der Waals surface area contributed by atoms with Crippen LogP contribution in [-0.2, 0) is 9.53 Å². The molecule has 0 aliphatic heterocycles. The van der Waals surface area contributed by atoms with Crippen LogP contribution < -0.4 is 10.6 Å². The summed E-state index contributed by atoms with van der Waals surface area (Å²) in [6, 6.07) is 3.55. The van der Waals surface area contributed by atoms with E-state index in [2.05, 4.69) is 30.7 Å². The third-order valence-electron chi connectivity index (χ3n) is 5.26. The van der Waals surface area contributed by atoms with Gasteiger partial charge in [-0.1, -0.05) is 20.8 Å². The van der Waals surface area contributed by atoms with Gasteiger partial charge < -0.3 is 20.3 Å². The van der Waals surface area contributed by atoms with Crippen LogP contribution in [0.3, 0.4) is 0 Å². The molecule has 8 heteroatoms.